The van der Waals surface area contributed by atoms with E-state index in [0.29, 0.717) is 21.2 Å². The van der Waals surface area contributed by atoms with Gasteiger partial charge in [0.25, 0.3) is 0 Å². The summed E-state index contributed by atoms with van der Waals surface area (Å²) in [6.07, 6.45) is 1.11. The van der Waals surface area contributed by atoms with Crippen molar-refractivity contribution in [1.82, 2.24) is 0 Å². The Kier molecular flexibility index (Phi) is 4.57. The van der Waals surface area contributed by atoms with Gasteiger partial charge >= 0.3 is 0 Å². The molecule has 0 spiro atoms. The van der Waals surface area contributed by atoms with E-state index < -0.39 is 9.84 Å². The van der Waals surface area contributed by atoms with E-state index in [4.69, 9.17) is 46.4 Å². The molecule has 0 fully saturated rings. The summed E-state index contributed by atoms with van der Waals surface area (Å²) in [4.78, 5) is 0.125. The average molecular weight is 370 g/mol. The molecular weight excluding hydrogens is 362 g/mol. The minimum absolute atomic E-state index is 0.125. The number of hydrogen-bond donors (Lipinski definition) is 0. The van der Waals surface area contributed by atoms with Crippen molar-refractivity contribution in [2.24, 2.45) is 0 Å². The second-order valence-corrected chi connectivity index (χ2v) is 7.75. The molecule has 2 aromatic rings. The van der Waals surface area contributed by atoms with Gasteiger partial charge in [-0.15, -0.1) is 0 Å². The Morgan fingerprint density at radius 3 is 2.00 bits per heavy atom. The quantitative estimate of drug-likeness (QED) is 0.666. The van der Waals surface area contributed by atoms with Crippen molar-refractivity contribution in [3.63, 3.8) is 0 Å². The second kappa shape index (κ2) is 5.74. The molecule has 0 bridgehead atoms. The van der Waals surface area contributed by atoms with Crippen LogP contribution in [0.4, 0.5) is 0 Å². The van der Waals surface area contributed by atoms with Gasteiger partial charge < -0.3 is 0 Å². The minimum atomic E-state index is -3.33. The Balaban J connectivity index is 2.70. The number of hydrogen-bond acceptors (Lipinski definition) is 2. The third-order valence-electron chi connectivity index (χ3n) is 2.68. The summed E-state index contributed by atoms with van der Waals surface area (Å²) in [5.74, 6) is 0. The molecule has 0 radical (unpaired) electrons. The van der Waals surface area contributed by atoms with Crippen molar-refractivity contribution in [3.8, 4) is 11.1 Å². The lowest BCUT2D eigenvalue weighted by molar-refractivity contribution is 0.602. The standard InChI is InChI=1S/C13H8Cl4O2S/c1-20(18,19)7-2-3-8(11(16)6-7)12-9(14)4-5-10(15)13(12)17/h2-6H,1H3. The molecule has 0 heterocycles. The van der Waals surface area contributed by atoms with Gasteiger partial charge in [-0.1, -0.05) is 52.5 Å². The lowest BCUT2D eigenvalue weighted by Gasteiger charge is -2.11. The van der Waals surface area contributed by atoms with Gasteiger partial charge in [0.1, 0.15) is 0 Å². The zero-order valence-corrected chi connectivity index (χ0v) is 14.0. The molecule has 0 atom stereocenters. The van der Waals surface area contributed by atoms with Crippen molar-refractivity contribution in [3.05, 3.63) is 50.4 Å². The van der Waals surface area contributed by atoms with E-state index in [-0.39, 0.29) is 14.9 Å². The highest BCUT2D eigenvalue weighted by molar-refractivity contribution is 7.90. The molecule has 20 heavy (non-hydrogen) atoms. The van der Waals surface area contributed by atoms with Gasteiger partial charge in [-0.25, -0.2) is 8.42 Å². The lowest BCUT2D eigenvalue weighted by Crippen LogP contribution is -1.97. The summed E-state index contributed by atoms with van der Waals surface area (Å²) in [7, 11) is -3.33. The molecule has 2 aromatic carbocycles. The smallest absolute Gasteiger partial charge is 0.175 e. The Hall–Kier alpha value is -0.450. The van der Waals surface area contributed by atoms with Crippen molar-refractivity contribution in [2.45, 2.75) is 4.90 Å². The Labute approximate surface area is 137 Å². The summed E-state index contributed by atoms with van der Waals surface area (Å²) in [5, 5.41) is 1.23. The zero-order chi connectivity index (χ0) is 15.1. The minimum Gasteiger partial charge on any atom is -0.224 e. The van der Waals surface area contributed by atoms with E-state index in [2.05, 4.69) is 0 Å². The van der Waals surface area contributed by atoms with Crippen molar-refractivity contribution < 1.29 is 8.42 Å². The molecular formula is C13H8Cl4O2S. The molecule has 106 valence electrons. The first kappa shape index (κ1) is 15.9. The Bertz CT molecular complexity index is 785. The fourth-order valence-electron chi connectivity index (χ4n) is 1.70. The maximum Gasteiger partial charge on any atom is 0.175 e. The summed E-state index contributed by atoms with van der Waals surface area (Å²) in [6, 6.07) is 7.55. The van der Waals surface area contributed by atoms with Crippen LogP contribution in [0.15, 0.2) is 35.2 Å². The molecule has 0 N–H and O–H groups in total. The molecule has 0 aromatic heterocycles. The van der Waals surface area contributed by atoms with Gasteiger partial charge in [-0.3, -0.25) is 0 Å². The second-order valence-electron chi connectivity index (χ2n) is 4.13. The van der Waals surface area contributed by atoms with Crippen molar-refractivity contribution >= 4 is 56.2 Å². The highest BCUT2D eigenvalue weighted by atomic mass is 35.5. The van der Waals surface area contributed by atoms with Gasteiger partial charge in [-0.2, -0.15) is 0 Å². The van der Waals surface area contributed by atoms with Crippen LogP contribution in [0.1, 0.15) is 0 Å². The van der Waals surface area contributed by atoms with Crippen LogP contribution >= 0.6 is 46.4 Å². The number of sulfone groups is 1. The largest absolute Gasteiger partial charge is 0.224 e. The first-order chi connectivity index (χ1) is 9.21. The van der Waals surface area contributed by atoms with E-state index in [9.17, 15) is 8.42 Å². The highest BCUT2D eigenvalue weighted by Crippen LogP contribution is 2.42. The van der Waals surface area contributed by atoms with Crippen LogP contribution in [0.2, 0.25) is 20.1 Å². The predicted molar refractivity (Wildman–Crippen MR) is 85.0 cm³/mol. The highest BCUT2D eigenvalue weighted by Gasteiger charge is 2.16. The molecule has 0 unspecified atom stereocenters. The molecule has 2 rings (SSSR count). The normalized spacial score (nSPS) is 11.7. The first-order valence-electron chi connectivity index (χ1n) is 5.35. The van der Waals surface area contributed by atoms with Crippen LogP contribution in [-0.2, 0) is 9.84 Å². The maximum absolute atomic E-state index is 11.5. The summed E-state index contributed by atoms with van der Waals surface area (Å²) in [6.45, 7) is 0. The summed E-state index contributed by atoms with van der Waals surface area (Å²) >= 11 is 24.4. The van der Waals surface area contributed by atoms with Gasteiger partial charge in [0.05, 0.1) is 20.0 Å². The monoisotopic (exact) mass is 368 g/mol. The van der Waals surface area contributed by atoms with E-state index >= 15 is 0 Å². The SMILES string of the molecule is CS(=O)(=O)c1ccc(-c2c(Cl)ccc(Cl)c2Cl)c(Cl)c1. The fraction of sp³-hybridized carbons (Fsp3) is 0.0769. The topological polar surface area (TPSA) is 34.1 Å². The van der Waals surface area contributed by atoms with Crippen LogP contribution in [0.25, 0.3) is 11.1 Å². The molecule has 0 saturated carbocycles. The summed E-state index contributed by atoms with van der Waals surface area (Å²) < 4.78 is 23.0. The van der Waals surface area contributed by atoms with Crippen LogP contribution in [-0.4, -0.2) is 14.7 Å². The number of rotatable bonds is 2. The fourth-order valence-corrected chi connectivity index (χ4v) is 3.42. The Morgan fingerprint density at radius 2 is 1.45 bits per heavy atom. The van der Waals surface area contributed by atoms with Gasteiger partial charge in [0.15, 0.2) is 9.84 Å². The number of halogens is 4. The maximum atomic E-state index is 11.5. The van der Waals surface area contributed by atoms with Crippen molar-refractivity contribution in [1.29, 1.82) is 0 Å². The van der Waals surface area contributed by atoms with Crippen LogP contribution in [0, 0.1) is 0 Å². The molecule has 0 amide bonds. The van der Waals surface area contributed by atoms with Crippen LogP contribution < -0.4 is 0 Å². The van der Waals surface area contributed by atoms with E-state index in [1.165, 1.54) is 12.1 Å². The van der Waals surface area contributed by atoms with Gasteiger partial charge in [-0.05, 0) is 24.3 Å². The van der Waals surface area contributed by atoms with Gasteiger partial charge in [0, 0.05) is 22.4 Å². The number of benzene rings is 2. The molecule has 0 aliphatic carbocycles. The van der Waals surface area contributed by atoms with E-state index in [1.54, 1.807) is 18.2 Å². The lowest BCUT2D eigenvalue weighted by atomic mass is 10.1. The third kappa shape index (κ3) is 3.07. The molecule has 0 aliphatic rings. The van der Waals surface area contributed by atoms with Gasteiger partial charge in [0.2, 0.25) is 0 Å². The predicted octanol–water partition coefficient (Wildman–Crippen LogP) is 5.37. The molecule has 7 heteroatoms. The van der Waals surface area contributed by atoms with Crippen molar-refractivity contribution in [2.75, 3.05) is 6.26 Å². The average Bonchev–Trinajstić information content (AvgIpc) is 2.35. The summed E-state index contributed by atoms with van der Waals surface area (Å²) in [5.41, 5.74) is 1.00. The van der Waals surface area contributed by atoms with Crippen LogP contribution in [0.5, 0.6) is 0 Å². The zero-order valence-electron chi connectivity index (χ0n) is 10.1. The first-order valence-corrected chi connectivity index (χ1v) is 8.75. The van der Waals surface area contributed by atoms with Crippen LogP contribution in [0.3, 0.4) is 0 Å². The molecule has 0 aliphatic heterocycles. The molecule has 0 saturated heterocycles. The van der Waals surface area contributed by atoms with E-state index in [1.807, 2.05) is 0 Å². The van der Waals surface area contributed by atoms with E-state index in [0.717, 1.165) is 6.26 Å². The molecule has 2 nitrogen and oxygen atoms in total. The third-order valence-corrected chi connectivity index (χ3v) is 5.22. The Morgan fingerprint density at radius 1 is 0.850 bits per heavy atom.